The third-order valence-corrected chi connectivity index (χ3v) is 3.33. The first-order valence-electron chi connectivity index (χ1n) is 6.32. The van der Waals surface area contributed by atoms with E-state index in [1.807, 2.05) is 30.3 Å². The summed E-state index contributed by atoms with van der Waals surface area (Å²) in [6.45, 7) is 1.99. The second-order valence-electron chi connectivity index (χ2n) is 4.30. The average molecular weight is 295 g/mol. The summed E-state index contributed by atoms with van der Waals surface area (Å²) in [6.07, 6.45) is 0. The Morgan fingerprint density at radius 3 is 2.70 bits per heavy atom. The van der Waals surface area contributed by atoms with E-state index < -0.39 is 24.0 Å². The Kier molecular flexibility index (Phi) is 4.74. The van der Waals surface area contributed by atoms with Crippen LogP contribution in [0.4, 0.5) is 4.79 Å². The van der Waals surface area contributed by atoms with Crippen LogP contribution in [-0.2, 0) is 9.53 Å². The van der Waals surface area contributed by atoms with Crippen LogP contribution in [0.25, 0.3) is 0 Å². The third-order valence-electron chi connectivity index (χ3n) is 3.05. The van der Waals surface area contributed by atoms with Crippen LogP contribution in [0.3, 0.4) is 0 Å². The molecule has 5 nitrogen and oxygen atoms in total. The number of alkyl halides is 1. The molecule has 1 heterocycles. The van der Waals surface area contributed by atoms with Crippen molar-refractivity contribution < 1.29 is 14.3 Å². The molecule has 1 aliphatic heterocycles. The number of aliphatic imine (C=N–C) groups is 1. The molecule has 2 amide bonds. The lowest BCUT2D eigenvalue weighted by Crippen LogP contribution is -2.45. The van der Waals surface area contributed by atoms with E-state index in [1.54, 1.807) is 6.92 Å². The van der Waals surface area contributed by atoms with Gasteiger partial charge in [-0.05, 0) is 12.5 Å². The van der Waals surface area contributed by atoms with Crippen molar-refractivity contribution in [2.75, 3.05) is 12.5 Å². The lowest BCUT2D eigenvalue weighted by molar-refractivity contribution is -0.146. The molecule has 1 aliphatic rings. The van der Waals surface area contributed by atoms with Crippen molar-refractivity contribution in [1.82, 2.24) is 5.32 Å². The van der Waals surface area contributed by atoms with Crippen molar-refractivity contribution in [3.63, 3.8) is 0 Å². The maximum atomic E-state index is 12.1. The summed E-state index contributed by atoms with van der Waals surface area (Å²) in [5.41, 5.74) is 1.15. The van der Waals surface area contributed by atoms with Gasteiger partial charge in [0.25, 0.3) is 0 Å². The van der Waals surface area contributed by atoms with Gasteiger partial charge in [-0.3, -0.25) is 4.79 Å². The standard InChI is InChI=1S/C14H15ClN2O3/c1-2-20-13(18)11-10(8-15)16-14(19)17-12(11)9-6-4-3-5-7-9/h3-7,11-12H,2,8H2,1H3,(H,17,19). The summed E-state index contributed by atoms with van der Waals surface area (Å²) in [5.74, 6) is -1.10. The summed E-state index contributed by atoms with van der Waals surface area (Å²) in [4.78, 5) is 27.6. The van der Waals surface area contributed by atoms with E-state index in [4.69, 9.17) is 16.3 Å². The number of hydrogen-bond acceptors (Lipinski definition) is 3. The van der Waals surface area contributed by atoms with Gasteiger partial charge < -0.3 is 10.1 Å². The van der Waals surface area contributed by atoms with E-state index in [-0.39, 0.29) is 12.5 Å². The predicted octanol–water partition coefficient (Wildman–Crippen LogP) is 2.31. The van der Waals surface area contributed by atoms with E-state index in [0.717, 1.165) is 5.56 Å². The maximum Gasteiger partial charge on any atom is 0.341 e. The smallest absolute Gasteiger partial charge is 0.341 e. The normalized spacial score (nSPS) is 21.9. The molecule has 0 aliphatic carbocycles. The molecule has 0 saturated heterocycles. The fraction of sp³-hybridized carbons (Fsp3) is 0.357. The molecule has 0 aromatic heterocycles. The molecule has 0 radical (unpaired) electrons. The average Bonchev–Trinajstić information content (AvgIpc) is 2.47. The van der Waals surface area contributed by atoms with Crippen LogP contribution in [0.15, 0.2) is 35.3 Å². The number of halogens is 1. The van der Waals surface area contributed by atoms with Crippen molar-refractivity contribution in [2.24, 2.45) is 10.9 Å². The molecule has 0 bridgehead atoms. The molecule has 20 heavy (non-hydrogen) atoms. The number of nitrogens with zero attached hydrogens (tertiary/aromatic N) is 1. The van der Waals surface area contributed by atoms with Crippen LogP contribution >= 0.6 is 11.6 Å². The number of rotatable bonds is 4. The Bertz CT molecular complexity index is 530. The Morgan fingerprint density at radius 2 is 2.10 bits per heavy atom. The zero-order chi connectivity index (χ0) is 14.5. The minimum Gasteiger partial charge on any atom is -0.465 e. The van der Waals surface area contributed by atoms with Gasteiger partial charge >= 0.3 is 12.0 Å². The van der Waals surface area contributed by atoms with Gasteiger partial charge in [-0.15, -0.1) is 11.6 Å². The van der Waals surface area contributed by atoms with E-state index in [2.05, 4.69) is 10.3 Å². The van der Waals surface area contributed by atoms with E-state index in [9.17, 15) is 9.59 Å². The van der Waals surface area contributed by atoms with Gasteiger partial charge in [0.1, 0.15) is 5.92 Å². The van der Waals surface area contributed by atoms with Crippen molar-refractivity contribution in [3.8, 4) is 0 Å². The number of urea groups is 1. The molecular weight excluding hydrogens is 280 g/mol. The number of carbonyl (C=O) groups is 2. The number of benzene rings is 1. The number of esters is 1. The summed E-state index contributed by atoms with van der Waals surface area (Å²) in [6, 6.07) is 8.24. The van der Waals surface area contributed by atoms with Crippen molar-refractivity contribution in [1.29, 1.82) is 0 Å². The first kappa shape index (κ1) is 14.5. The van der Waals surface area contributed by atoms with Gasteiger partial charge in [-0.2, -0.15) is 0 Å². The minimum absolute atomic E-state index is 0.0141. The number of hydrogen-bond donors (Lipinski definition) is 1. The Balaban J connectivity index is 2.39. The summed E-state index contributed by atoms with van der Waals surface area (Å²) >= 11 is 5.82. The number of nitrogens with one attached hydrogen (secondary N) is 1. The number of carbonyl (C=O) groups excluding carboxylic acids is 2. The Labute approximate surface area is 122 Å². The quantitative estimate of drug-likeness (QED) is 0.684. The summed E-state index contributed by atoms with van der Waals surface area (Å²) < 4.78 is 5.07. The molecule has 1 aromatic rings. The molecule has 1 aromatic carbocycles. The lowest BCUT2D eigenvalue weighted by Gasteiger charge is -2.30. The number of amides is 2. The van der Waals surface area contributed by atoms with Crippen LogP contribution in [0, 0.1) is 5.92 Å². The first-order valence-corrected chi connectivity index (χ1v) is 6.86. The topological polar surface area (TPSA) is 67.8 Å². The Morgan fingerprint density at radius 1 is 1.40 bits per heavy atom. The number of ether oxygens (including phenoxy) is 1. The van der Waals surface area contributed by atoms with Gasteiger partial charge in [0, 0.05) is 0 Å². The van der Waals surface area contributed by atoms with Gasteiger partial charge in [0.2, 0.25) is 0 Å². The molecule has 6 heteroatoms. The second-order valence-corrected chi connectivity index (χ2v) is 4.57. The lowest BCUT2D eigenvalue weighted by atomic mass is 9.88. The third kappa shape index (κ3) is 2.99. The molecule has 106 valence electrons. The minimum atomic E-state index is -0.687. The largest absolute Gasteiger partial charge is 0.465 e. The van der Waals surface area contributed by atoms with Crippen molar-refractivity contribution in [2.45, 2.75) is 13.0 Å². The monoisotopic (exact) mass is 294 g/mol. The van der Waals surface area contributed by atoms with Gasteiger partial charge in [-0.25, -0.2) is 9.79 Å². The van der Waals surface area contributed by atoms with Gasteiger partial charge in [0.05, 0.1) is 24.2 Å². The molecule has 0 spiro atoms. The molecule has 1 N–H and O–H groups in total. The molecular formula is C14H15ClN2O3. The zero-order valence-electron chi connectivity index (χ0n) is 11.0. The zero-order valence-corrected chi connectivity index (χ0v) is 11.8. The van der Waals surface area contributed by atoms with Crippen LogP contribution in [-0.4, -0.2) is 30.2 Å². The molecule has 2 unspecified atom stereocenters. The van der Waals surface area contributed by atoms with E-state index >= 15 is 0 Å². The highest BCUT2D eigenvalue weighted by Gasteiger charge is 2.39. The van der Waals surface area contributed by atoms with Crippen LogP contribution < -0.4 is 5.32 Å². The second kappa shape index (κ2) is 6.52. The van der Waals surface area contributed by atoms with Crippen LogP contribution in [0.2, 0.25) is 0 Å². The van der Waals surface area contributed by atoms with E-state index in [0.29, 0.717) is 5.71 Å². The first-order chi connectivity index (χ1) is 9.67. The highest BCUT2D eigenvalue weighted by atomic mass is 35.5. The fourth-order valence-corrected chi connectivity index (χ4v) is 2.42. The predicted molar refractivity (Wildman–Crippen MR) is 76.0 cm³/mol. The highest BCUT2D eigenvalue weighted by Crippen LogP contribution is 2.28. The molecule has 0 saturated carbocycles. The molecule has 2 atom stereocenters. The SMILES string of the molecule is CCOC(=O)C1C(CCl)=NC(=O)NC1c1ccccc1. The highest BCUT2D eigenvalue weighted by molar-refractivity contribution is 6.32. The maximum absolute atomic E-state index is 12.1. The van der Waals surface area contributed by atoms with Gasteiger partial charge in [0.15, 0.2) is 0 Å². The van der Waals surface area contributed by atoms with Gasteiger partial charge in [-0.1, -0.05) is 30.3 Å². The van der Waals surface area contributed by atoms with E-state index in [1.165, 1.54) is 0 Å². The summed E-state index contributed by atoms with van der Waals surface area (Å²) in [5, 5.41) is 2.70. The van der Waals surface area contributed by atoms with Crippen LogP contribution in [0.5, 0.6) is 0 Å². The van der Waals surface area contributed by atoms with Crippen molar-refractivity contribution >= 4 is 29.3 Å². The van der Waals surface area contributed by atoms with Crippen molar-refractivity contribution in [3.05, 3.63) is 35.9 Å². The Hall–Kier alpha value is -1.88. The fourth-order valence-electron chi connectivity index (χ4n) is 2.19. The van der Waals surface area contributed by atoms with Crippen LogP contribution in [0.1, 0.15) is 18.5 Å². The summed E-state index contributed by atoms with van der Waals surface area (Å²) in [7, 11) is 0. The molecule has 0 fully saturated rings. The molecule has 2 rings (SSSR count).